The molecule has 3 N–H and O–H groups in total. The molecule has 1 saturated carbocycles. The monoisotopic (exact) mass is 336 g/mol. The molecule has 4 nitrogen and oxygen atoms in total. The van der Waals surface area contributed by atoms with E-state index >= 15 is 0 Å². The lowest BCUT2D eigenvalue weighted by Crippen LogP contribution is -2.43. The summed E-state index contributed by atoms with van der Waals surface area (Å²) in [7, 11) is -3.66. The van der Waals surface area contributed by atoms with Crippen LogP contribution in [0.4, 0.5) is 10.1 Å². The van der Waals surface area contributed by atoms with Gasteiger partial charge in [-0.2, -0.15) is 0 Å². The van der Waals surface area contributed by atoms with E-state index in [1.165, 1.54) is 0 Å². The maximum Gasteiger partial charge on any atom is 0.242 e. The Morgan fingerprint density at radius 1 is 1.44 bits per heavy atom. The molecule has 0 bridgehead atoms. The molecule has 0 amide bonds. The van der Waals surface area contributed by atoms with Crippen molar-refractivity contribution >= 4 is 31.6 Å². The van der Waals surface area contributed by atoms with Crippen LogP contribution in [-0.2, 0) is 10.0 Å². The smallest absolute Gasteiger partial charge is 0.242 e. The van der Waals surface area contributed by atoms with Crippen molar-refractivity contribution in [3.05, 3.63) is 22.4 Å². The van der Waals surface area contributed by atoms with Gasteiger partial charge in [-0.05, 0) is 46.8 Å². The maximum atomic E-state index is 13.2. The number of nitrogen functional groups attached to an aromatic ring is 1. The molecule has 2 rings (SSSR count). The van der Waals surface area contributed by atoms with Gasteiger partial charge in [-0.25, -0.2) is 17.5 Å². The minimum atomic E-state index is -3.66. The summed E-state index contributed by atoms with van der Waals surface area (Å²) in [5.74, 6) is -0.0995. The van der Waals surface area contributed by atoms with E-state index in [0.29, 0.717) is 5.92 Å². The number of rotatable bonds is 3. The summed E-state index contributed by atoms with van der Waals surface area (Å²) in [6, 6.07) is 2.15. The van der Waals surface area contributed by atoms with E-state index in [2.05, 4.69) is 27.6 Å². The summed E-state index contributed by atoms with van der Waals surface area (Å²) in [5, 5.41) is 0. The summed E-state index contributed by atoms with van der Waals surface area (Å²) in [6.07, 6.45) is 1.65. The molecule has 1 aliphatic carbocycles. The van der Waals surface area contributed by atoms with Crippen molar-refractivity contribution in [1.29, 1.82) is 0 Å². The molecule has 1 aromatic rings. The zero-order valence-electron chi connectivity index (χ0n) is 9.78. The number of hydrogen-bond acceptors (Lipinski definition) is 3. The van der Waals surface area contributed by atoms with Crippen LogP contribution in [0.3, 0.4) is 0 Å². The Hall–Kier alpha value is -0.660. The minimum absolute atomic E-state index is 0.0269. The Balaban J connectivity index is 2.27. The minimum Gasteiger partial charge on any atom is -0.396 e. The van der Waals surface area contributed by atoms with Crippen molar-refractivity contribution in [3.8, 4) is 0 Å². The second kappa shape index (κ2) is 4.79. The normalized spacial score (nSPS) is 23.7. The van der Waals surface area contributed by atoms with Gasteiger partial charge in [-0.15, -0.1) is 0 Å². The van der Waals surface area contributed by atoms with E-state index in [9.17, 15) is 12.8 Å². The first-order valence-corrected chi connectivity index (χ1v) is 7.84. The third-order valence-electron chi connectivity index (χ3n) is 3.04. The first-order valence-electron chi connectivity index (χ1n) is 5.56. The summed E-state index contributed by atoms with van der Waals surface area (Å²) in [5.41, 5.74) is 5.22. The van der Waals surface area contributed by atoms with Crippen molar-refractivity contribution in [2.75, 3.05) is 5.73 Å². The molecule has 7 heteroatoms. The summed E-state index contributed by atoms with van der Waals surface area (Å²) in [4.78, 5) is -0.0269. The second-order valence-corrected chi connectivity index (χ2v) is 7.24. The number of sulfonamides is 1. The van der Waals surface area contributed by atoms with Gasteiger partial charge in [0.15, 0.2) is 0 Å². The number of nitrogens with one attached hydrogen (secondary N) is 1. The predicted octanol–water partition coefficient (Wildman–Crippen LogP) is 2.25. The highest BCUT2D eigenvalue weighted by Crippen LogP contribution is 2.30. The van der Waals surface area contributed by atoms with E-state index in [4.69, 9.17) is 5.73 Å². The van der Waals surface area contributed by atoms with E-state index in [1.807, 2.05) is 0 Å². The lowest BCUT2D eigenvalue weighted by atomic mass is 9.83. The first kappa shape index (κ1) is 13.8. The number of halogens is 2. The molecular formula is C11H14BrFN2O2S. The molecular weight excluding hydrogens is 323 g/mol. The van der Waals surface area contributed by atoms with Crippen LogP contribution in [0, 0.1) is 11.7 Å². The fourth-order valence-electron chi connectivity index (χ4n) is 2.03. The zero-order chi connectivity index (χ0) is 13.5. The average molecular weight is 337 g/mol. The Labute approximate surface area is 114 Å². The molecule has 1 aromatic carbocycles. The van der Waals surface area contributed by atoms with Crippen molar-refractivity contribution in [2.45, 2.75) is 30.7 Å². The Kier molecular flexibility index (Phi) is 3.66. The van der Waals surface area contributed by atoms with Crippen LogP contribution in [0.15, 0.2) is 21.5 Å². The molecule has 0 unspecified atom stereocenters. The van der Waals surface area contributed by atoms with Crippen LogP contribution in [0.2, 0.25) is 0 Å². The second-order valence-electron chi connectivity index (χ2n) is 4.70. The van der Waals surface area contributed by atoms with Crippen LogP contribution < -0.4 is 10.5 Å². The zero-order valence-corrected chi connectivity index (χ0v) is 12.2. The predicted molar refractivity (Wildman–Crippen MR) is 71.0 cm³/mol. The molecule has 0 radical (unpaired) electrons. The van der Waals surface area contributed by atoms with Gasteiger partial charge in [-0.1, -0.05) is 6.92 Å². The molecule has 1 aliphatic rings. The number of benzene rings is 1. The Morgan fingerprint density at radius 2 is 2.06 bits per heavy atom. The van der Waals surface area contributed by atoms with Crippen molar-refractivity contribution < 1.29 is 12.8 Å². The van der Waals surface area contributed by atoms with E-state index in [-0.39, 0.29) is 21.1 Å². The maximum absolute atomic E-state index is 13.2. The molecule has 0 heterocycles. The molecule has 0 atom stereocenters. The number of nitrogens with two attached hydrogens (primary N) is 1. The van der Waals surface area contributed by atoms with Gasteiger partial charge in [0.2, 0.25) is 10.0 Å². The van der Waals surface area contributed by atoms with Gasteiger partial charge in [-0.3, -0.25) is 0 Å². The lowest BCUT2D eigenvalue weighted by Gasteiger charge is -2.33. The molecule has 18 heavy (non-hydrogen) atoms. The molecule has 0 spiro atoms. The SMILES string of the molecule is CC1CC(NS(=O)(=O)c2cc(N)c(F)cc2Br)C1. The highest BCUT2D eigenvalue weighted by molar-refractivity contribution is 9.10. The summed E-state index contributed by atoms with van der Waals surface area (Å²) >= 11 is 3.04. The summed E-state index contributed by atoms with van der Waals surface area (Å²) < 4.78 is 40.1. The van der Waals surface area contributed by atoms with Gasteiger partial charge in [0.05, 0.1) is 10.6 Å². The van der Waals surface area contributed by atoms with Gasteiger partial charge in [0, 0.05) is 10.5 Å². The highest BCUT2D eigenvalue weighted by atomic mass is 79.9. The van der Waals surface area contributed by atoms with Gasteiger partial charge in [0.25, 0.3) is 0 Å². The molecule has 1 fully saturated rings. The first-order chi connectivity index (χ1) is 8.29. The Morgan fingerprint density at radius 3 is 2.61 bits per heavy atom. The van der Waals surface area contributed by atoms with Crippen LogP contribution >= 0.6 is 15.9 Å². The topological polar surface area (TPSA) is 72.2 Å². The van der Waals surface area contributed by atoms with Crippen LogP contribution in [0.5, 0.6) is 0 Å². The van der Waals surface area contributed by atoms with Crippen molar-refractivity contribution in [3.63, 3.8) is 0 Å². The van der Waals surface area contributed by atoms with E-state index in [0.717, 1.165) is 25.0 Å². The molecule has 100 valence electrons. The Bertz CT molecular complexity index is 571. The third kappa shape index (κ3) is 2.67. The van der Waals surface area contributed by atoms with Crippen molar-refractivity contribution in [1.82, 2.24) is 4.72 Å². The molecule has 0 aliphatic heterocycles. The summed E-state index contributed by atoms with van der Waals surface area (Å²) in [6.45, 7) is 2.07. The third-order valence-corrected chi connectivity index (χ3v) is 5.52. The fourth-order valence-corrected chi connectivity index (χ4v) is 4.34. The number of anilines is 1. The lowest BCUT2D eigenvalue weighted by molar-refractivity contribution is 0.270. The van der Waals surface area contributed by atoms with Gasteiger partial charge < -0.3 is 5.73 Å². The number of hydrogen-bond donors (Lipinski definition) is 2. The standard InChI is InChI=1S/C11H14BrFN2O2S/c1-6-2-7(3-6)15-18(16,17)11-5-10(14)9(13)4-8(11)12/h4-7,15H,2-3,14H2,1H3. The van der Waals surface area contributed by atoms with Crippen LogP contribution in [-0.4, -0.2) is 14.5 Å². The average Bonchev–Trinajstić information content (AvgIpc) is 2.20. The van der Waals surface area contributed by atoms with E-state index in [1.54, 1.807) is 0 Å². The fraction of sp³-hybridized carbons (Fsp3) is 0.455. The van der Waals surface area contributed by atoms with Crippen molar-refractivity contribution in [2.24, 2.45) is 5.92 Å². The van der Waals surface area contributed by atoms with Gasteiger partial charge in [0.1, 0.15) is 5.82 Å². The van der Waals surface area contributed by atoms with Gasteiger partial charge >= 0.3 is 0 Å². The van der Waals surface area contributed by atoms with E-state index < -0.39 is 15.8 Å². The highest BCUT2D eigenvalue weighted by Gasteiger charge is 2.30. The van der Waals surface area contributed by atoms with Crippen LogP contribution in [0.25, 0.3) is 0 Å². The molecule has 0 saturated heterocycles. The quantitative estimate of drug-likeness (QED) is 0.831. The van der Waals surface area contributed by atoms with Crippen LogP contribution in [0.1, 0.15) is 19.8 Å². The largest absolute Gasteiger partial charge is 0.396 e. The molecule has 0 aromatic heterocycles.